The minimum Gasteiger partial charge on any atom is -0.289 e. The SMILES string of the molecule is CSc1ccc2c(c1)C(=O)C=C2Br. The summed E-state index contributed by atoms with van der Waals surface area (Å²) in [5, 5.41) is 0. The van der Waals surface area contributed by atoms with Crippen LogP contribution in [0, 0.1) is 0 Å². The molecule has 1 aliphatic rings. The third-order valence-electron chi connectivity index (χ3n) is 2.01. The smallest absolute Gasteiger partial charge is 0.187 e. The molecule has 0 saturated heterocycles. The van der Waals surface area contributed by atoms with Crippen molar-refractivity contribution in [2.24, 2.45) is 0 Å². The maximum absolute atomic E-state index is 11.4. The molecule has 0 aromatic heterocycles. The average molecular weight is 255 g/mol. The molecule has 0 bridgehead atoms. The van der Waals surface area contributed by atoms with Gasteiger partial charge in [0, 0.05) is 21.0 Å². The molecule has 0 fully saturated rings. The molecule has 0 saturated carbocycles. The van der Waals surface area contributed by atoms with Crippen molar-refractivity contribution in [3.05, 3.63) is 35.4 Å². The molecule has 1 aromatic rings. The molecule has 0 N–H and O–H groups in total. The second-order valence-corrected chi connectivity index (χ2v) is 4.50. The standard InChI is InChI=1S/C10H7BrOS/c1-13-6-2-3-7-8(4-6)10(12)5-9(7)11/h2-5H,1H3. The first-order valence-electron chi connectivity index (χ1n) is 3.82. The number of carbonyl (C=O) groups is 1. The lowest BCUT2D eigenvalue weighted by atomic mass is 10.1. The highest BCUT2D eigenvalue weighted by atomic mass is 79.9. The number of carbonyl (C=O) groups excluding carboxylic acids is 1. The Morgan fingerprint density at radius 2 is 2.08 bits per heavy atom. The highest BCUT2D eigenvalue weighted by Crippen LogP contribution is 2.33. The third kappa shape index (κ3) is 1.46. The summed E-state index contributed by atoms with van der Waals surface area (Å²) in [5.41, 5.74) is 1.81. The van der Waals surface area contributed by atoms with E-state index in [2.05, 4.69) is 15.9 Å². The fraction of sp³-hybridized carbons (Fsp3) is 0.100. The highest BCUT2D eigenvalue weighted by molar-refractivity contribution is 9.15. The molecule has 2 rings (SSSR count). The Labute approximate surface area is 89.3 Å². The highest BCUT2D eigenvalue weighted by Gasteiger charge is 2.19. The van der Waals surface area contributed by atoms with Crippen LogP contribution in [0.2, 0.25) is 0 Å². The van der Waals surface area contributed by atoms with Crippen LogP contribution in [0.15, 0.2) is 29.2 Å². The van der Waals surface area contributed by atoms with Gasteiger partial charge in [0.05, 0.1) is 0 Å². The van der Waals surface area contributed by atoms with Crippen molar-refractivity contribution < 1.29 is 4.79 Å². The molecule has 0 amide bonds. The summed E-state index contributed by atoms with van der Waals surface area (Å²) in [6, 6.07) is 5.94. The van der Waals surface area contributed by atoms with Crippen LogP contribution in [0.25, 0.3) is 4.48 Å². The number of hydrogen-bond acceptors (Lipinski definition) is 2. The summed E-state index contributed by atoms with van der Waals surface area (Å²) in [5.74, 6) is 0.0952. The second-order valence-electron chi connectivity index (χ2n) is 2.77. The van der Waals surface area contributed by atoms with Gasteiger partial charge >= 0.3 is 0 Å². The number of halogens is 1. The Balaban J connectivity index is 2.58. The Morgan fingerprint density at radius 1 is 1.31 bits per heavy atom. The van der Waals surface area contributed by atoms with E-state index in [1.807, 2.05) is 24.5 Å². The van der Waals surface area contributed by atoms with E-state index in [0.717, 1.165) is 20.5 Å². The van der Waals surface area contributed by atoms with Gasteiger partial charge < -0.3 is 0 Å². The lowest BCUT2D eigenvalue weighted by Gasteiger charge is -2.01. The maximum Gasteiger partial charge on any atom is 0.187 e. The van der Waals surface area contributed by atoms with Crippen molar-refractivity contribution in [2.75, 3.05) is 6.26 Å². The molecular weight excluding hydrogens is 248 g/mol. The monoisotopic (exact) mass is 254 g/mol. The van der Waals surface area contributed by atoms with Crippen molar-refractivity contribution in [1.29, 1.82) is 0 Å². The fourth-order valence-corrected chi connectivity index (χ4v) is 2.33. The van der Waals surface area contributed by atoms with E-state index >= 15 is 0 Å². The van der Waals surface area contributed by atoms with Crippen LogP contribution in [0.4, 0.5) is 0 Å². The van der Waals surface area contributed by atoms with Gasteiger partial charge in [-0.25, -0.2) is 0 Å². The minimum absolute atomic E-state index is 0.0952. The van der Waals surface area contributed by atoms with Gasteiger partial charge in [0.2, 0.25) is 0 Å². The minimum atomic E-state index is 0.0952. The fourth-order valence-electron chi connectivity index (χ4n) is 1.33. The molecule has 0 heterocycles. The summed E-state index contributed by atoms with van der Waals surface area (Å²) in [4.78, 5) is 12.6. The van der Waals surface area contributed by atoms with Gasteiger partial charge in [0.1, 0.15) is 0 Å². The average Bonchev–Trinajstić information content (AvgIpc) is 2.42. The maximum atomic E-state index is 11.4. The summed E-state index contributed by atoms with van der Waals surface area (Å²) < 4.78 is 0.889. The molecule has 1 nitrogen and oxygen atoms in total. The Kier molecular flexibility index (Phi) is 2.30. The van der Waals surface area contributed by atoms with Gasteiger partial charge in [-0.05, 0) is 24.0 Å². The number of fused-ring (bicyclic) bond motifs is 1. The lowest BCUT2D eigenvalue weighted by molar-refractivity contribution is 0.105. The molecular formula is C10H7BrOS. The molecule has 0 aliphatic heterocycles. The van der Waals surface area contributed by atoms with Gasteiger partial charge in [-0.3, -0.25) is 4.79 Å². The van der Waals surface area contributed by atoms with Crippen LogP contribution < -0.4 is 0 Å². The molecule has 1 aromatic carbocycles. The van der Waals surface area contributed by atoms with E-state index in [0.29, 0.717) is 0 Å². The van der Waals surface area contributed by atoms with Gasteiger partial charge in [-0.15, -0.1) is 11.8 Å². The van der Waals surface area contributed by atoms with E-state index < -0.39 is 0 Å². The second kappa shape index (κ2) is 3.31. The number of benzene rings is 1. The Hall–Kier alpha value is -0.540. The molecule has 0 atom stereocenters. The van der Waals surface area contributed by atoms with E-state index in [4.69, 9.17) is 0 Å². The third-order valence-corrected chi connectivity index (χ3v) is 3.39. The predicted octanol–water partition coefficient (Wildman–Crippen LogP) is 3.34. The Bertz CT molecular complexity index is 409. The van der Waals surface area contributed by atoms with Gasteiger partial charge in [-0.2, -0.15) is 0 Å². The summed E-state index contributed by atoms with van der Waals surface area (Å²) in [6.45, 7) is 0. The van der Waals surface area contributed by atoms with E-state index in [1.165, 1.54) is 0 Å². The molecule has 1 aliphatic carbocycles. The number of rotatable bonds is 1. The van der Waals surface area contributed by atoms with E-state index in [9.17, 15) is 4.79 Å². The van der Waals surface area contributed by atoms with Crippen LogP contribution in [0.1, 0.15) is 15.9 Å². The molecule has 13 heavy (non-hydrogen) atoms. The zero-order valence-corrected chi connectivity index (χ0v) is 9.41. The normalized spacial score (nSPS) is 14.3. The Morgan fingerprint density at radius 3 is 2.77 bits per heavy atom. The van der Waals surface area contributed by atoms with E-state index in [-0.39, 0.29) is 5.78 Å². The van der Waals surface area contributed by atoms with Gasteiger partial charge in [0.15, 0.2) is 5.78 Å². The first-order chi connectivity index (χ1) is 6.22. The molecule has 66 valence electrons. The molecule has 3 heteroatoms. The van der Waals surface area contributed by atoms with Gasteiger partial charge in [0.25, 0.3) is 0 Å². The van der Waals surface area contributed by atoms with Crippen molar-refractivity contribution in [3.63, 3.8) is 0 Å². The van der Waals surface area contributed by atoms with Crippen molar-refractivity contribution in [2.45, 2.75) is 4.90 Å². The molecule has 0 spiro atoms. The van der Waals surface area contributed by atoms with Gasteiger partial charge in [-0.1, -0.05) is 22.0 Å². The van der Waals surface area contributed by atoms with Crippen LogP contribution in [-0.4, -0.2) is 12.0 Å². The van der Waals surface area contributed by atoms with E-state index in [1.54, 1.807) is 17.8 Å². The number of thioether (sulfide) groups is 1. The van der Waals surface area contributed by atoms with Crippen LogP contribution in [0.3, 0.4) is 0 Å². The summed E-state index contributed by atoms with van der Waals surface area (Å²) in [7, 11) is 0. The lowest BCUT2D eigenvalue weighted by Crippen LogP contribution is -1.91. The zero-order chi connectivity index (χ0) is 9.42. The predicted molar refractivity (Wildman–Crippen MR) is 59.5 cm³/mol. The molecule has 0 radical (unpaired) electrons. The first kappa shape index (κ1) is 9.03. The number of ketones is 1. The van der Waals surface area contributed by atoms with Crippen LogP contribution >= 0.6 is 27.7 Å². The zero-order valence-electron chi connectivity index (χ0n) is 7.00. The number of hydrogen-bond donors (Lipinski definition) is 0. The topological polar surface area (TPSA) is 17.1 Å². The summed E-state index contributed by atoms with van der Waals surface area (Å²) >= 11 is 5.00. The number of allylic oxidation sites excluding steroid dienone is 1. The first-order valence-corrected chi connectivity index (χ1v) is 5.84. The van der Waals surface area contributed by atoms with Crippen LogP contribution in [0.5, 0.6) is 0 Å². The molecule has 0 unspecified atom stereocenters. The van der Waals surface area contributed by atoms with Crippen molar-refractivity contribution in [1.82, 2.24) is 0 Å². The van der Waals surface area contributed by atoms with Crippen LogP contribution in [-0.2, 0) is 0 Å². The van der Waals surface area contributed by atoms with Crippen molar-refractivity contribution >= 4 is 38.0 Å². The quantitative estimate of drug-likeness (QED) is 0.716. The summed E-state index contributed by atoms with van der Waals surface area (Å²) in [6.07, 6.45) is 3.62. The largest absolute Gasteiger partial charge is 0.289 e. The van der Waals surface area contributed by atoms with Crippen molar-refractivity contribution in [3.8, 4) is 0 Å².